The number of carbonyl (C=O) groups excluding carboxylic acids is 1. The van der Waals surface area contributed by atoms with Gasteiger partial charge in [-0.05, 0) is 12.1 Å². The quantitative estimate of drug-likeness (QED) is 0.624. The summed E-state index contributed by atoms with van der Waals surface area (Å²) in [5.41, 5.74) is 7.18. The fourth-order valence-corrected chi connectivity index (χ4v) is 1.37. The molecule has 1 aromatic carbocycles. The van der Waals surface area contributed by atoms with Gasteiger partial charge in [0.25, 0.3) is 0 Å². The predicted molar refractivity (Wildman–Crippen MR) is 67.6 cm³/mol. The van der Waals surface area contributed by atoms with Gasteiger partial charge in [-0.15, -0.1) is 0 Å². The lowest BCUT2D eigenvalue weighted by Crippen LogP contribution is -2.26. The Morgan fingerprint density at radius 1 is 1.56 bits per heavy atom. The summed E-state index contributed by atoms with van der Waals surface area (Å²) in [6.45, 7) is 0.192. The zero-order valence-electron chi connectivity index (χ0n) is 9.27. The van der Waals surface area contributed by atoms with Gasteiger partial charge in [-0.2, -0.15) is 0 Å². The molecule has 5 heteroatoms. The molecule has 0 fully saturated rings. The number of likely N-dealkylation sites (N-methyl/N-ethyl adjacent to an activating group) is 1. The lowest BCUT2D eigenvalue weighted by atomic mass is 10.2. The molecule has 16 heavy (non-hydrogen) atoms. The number of esters is 1. The van der Waals surface area contributed by atoms with Crippen LogP contribution in [0.5, 0.6) is 0 Å². The van der Waals surface area contributed by atoms with Crippen molar-refractivity contribution < 1.29 is 9.53 Å². The maximum Gasteiger partial charge on any atom is 0.325 e. The minimum Gasteiger partial charge on any atom is -0.468 e. The number of nitrogens with zero attached hydrogens (tertiary/aromatic N) is 1. The average molecular weight is 238 g/mol. The van der Waals surface area contributed by atoms with Crippen molar-refractivity contribution in [1.29, 1.82) is 0 Å². The van der Waals surface area contributed by atoms with Crippen LogP contribution in [0.25, 0.3) is 0 Å². The number of methoxy groups -OCH3 is 1. The van der Waals surface area contributed by atoms with Crippen molar-refractivity contribution in [2.24, 2.45) is 5.73 Å². The summed E-state index contributed by atoms with van der Waals surface area (Å²) in [5.74, 6) is -0.289. The summed E-state index contributed by atoms with van der Waals surface area (Å²) in [6, 6.07) is 7.39. The lowest BCUT2D eigenvalue weighted by molar-refractivity contribution is -0.138. The van der Waals surface area contributed by atoms with Crippen LogP contribution in [-0.2, 0) is 9.53 Å². The number of hydrogen-bond donors (Lipinski definition) is 1. The molecule has 0 unspecified atom stereocenters. The Morgan fingerprint density at radius 2 is 2.25 bits per heavy atom. The summed E-state index contributed by atoms with van der Waals surface area (Å²) in [7, 11) is 3.16. The van der Waals surface area contributed by atoms with E-state index < -0.39 is 0 Å². The second-order valence-corrected chi connectivity index (χ2v) is 3.79. The Morgan fingerprint density at radius 3 is 2.81 bits per heavy atom. The highest BCUT2D eigenvalue weighted by molar-refractivity contribution is 7.80. The minimum absolute atomic E-state index is 0.192. The minimum atomic E-state index is -0.289. The molecule has 0 radical (unpaired) electrons. The van der Waals surface area contributed by atoms with Crippen LogP contribution in [0.3, 0.4) is 0 Å². The first-order chi connectivity index (χ1) is 7.54. The first-order valence-corrected chi connectivity index (χ1v) is 5.13. The molecule has 0 bridgehead atoms. The van der Waals surface area contributed by atoms with Gasteiger partial charge >= 0.3 is 5.97 Å². The molecule has 1 rings (SSSR count). The van der Waals surface area contributed by atoms with Crippen molar-refractivity contribution in [2.45, 2.75) is 0 Å². The molecule has 0 spiro atoms. The van der Waals surface area contributed by atoms with E-state index >= 15 is 0 Å². The molecule has 0 saturated heterocycles. The highest BCUT2D eigenvalue weighted by atomic mass is 32.1. The third-order valence-electron chi connectivity index (χ3n) is 2.17. The van der Waals surface area contributed by atoms with E-state index in [1.807, 2.05) is 24.3 Å². The van der Waals surface area contributed by atoms with E-state index in [-0.39, 0.29) is 12.5 Å². The van der Waals surface area contributed by atoms with Gasteiger partial charge in [0.2, 0.25) is 0 Å². The van der Waals surface area contributed by atoms with E-state index in [9.17, 15) is 4.79 Å². The number of ether oxygens (including phenoxy) is 1. The van der Waals surface area contributed by atoms with Crippen LogP contribution in [-0.4, -0.2) is 31.7 Å². The SMILES string of the molecule is COC(=O)CN(C)c1cccc(C(N)=S)c1. The standard InChI is InChI=1S/C11H14N2O2S/c1-13(7-10(14)15-2)9-5-3-4-8(6-9)11(12)16/h3-6H,7H2,1-2H3,(H2,12,16). The van der Waals surface area contributed by atoms with Crippen molar-refractivity contribution in [3.8, 4) is 0 Å². The number of benzene rings is 1. The maximum atomic E-state index is 11.1. The smallest absolute Gasteiger partial charge is 0.325 e. The Balaban J connectivity index is 2.83. The highest BCUT2D eigenvalue weighted by Gasteiger charge is 2.08. The van der Waals surface area contributed by atoms with E-state index in [2.05, 4.69) is 4.74 Å². The monoisotopic (exact) mass is 238 g/mol. The van der Waals surface area contributed by atoms with Crippen LogP contribution < -0.4 is 10.6 Å². The van der Waals surface area contributed by atoms with Gasteiger partial charge in [-0.1, -0.05) is 24.4 Å². The van der Waals surface area contributed by atoms with Gasteiger partial charge in [0, 0.05) is 18.3 Å². The Kier molecular flexibility index (Phi) is 4.25. The first kappa shape index (κ1) is 12.4. The summed E-state index contributed by atoms with van der Waals surface area (Å²) in [5, 5.41) is 0. The average Bonchev–Trinajstić information content (AvgIpc) is 2.28. The zero-order chi connectivity index (χ0) is 12.1. The molecule has 0 aliphatic heterocycles. The number of hydrogen-bond acceptors (Lipinski definition) is 4. The molecule has 0 heterocycles. The number of thiocarbonyl (C=S) groups is 1. The summed E-state index contributed by atoms with van der Waals surface area (Å²) < 4.78 is 4.59. The third kappa shape index (κ3) is 3.20. The number of nitrogens with two attached hydrogens (primary N) is 1. The van der Waals surface area contributed by atoms with E-state index in [0.29, 0.717) is 4.99 Å². The van der Waals surface area contributed by atoms with Gasteiger partial charge in [0.15, 0.2) is 0 Å². The van der Waals surface area contributed by atoms with Crippen LogP contribution in [0, 0.1) is 0 Å². The van der Waals surface area contributed by atoms with E-state index in [0.717, 1.165) is 11.3 Å². The molecule has 0 aliphatic rings. The van der Waals surface area contributed by atoms with Crippen molar-refractivity contribution >= 4 is 28.9 Å². The molecule has 0 atom stereocenters. The summed E-state index contributed by atoms with van der Waals surface area (Å²) in [6.07, 6.45) is 0. The van der Waals surface area contributed by atoms with Crippen LogP contribution in [0.15, 0.2) is 24.3 Å². The predicted octanol–water partition coefficient (Wildman–Crippen LogP) is 0.930. The van der Waals surface area contributed by atoms with Gasteiger partial charge in [-0.25, -0.2) is 0 Å². The van der Waals surface area contributed by atoms with Crippen LogP contribution >= 0.6 is 12.2 Å². The molecule has 1 aromatic rings. The van der Waals surface area contributed by atoms with Crippen molar-refractivity contribution in [1.82, 2.24) is 0 Å². The number of anilines is 1. The molecule has 0 aromatic heterocycles. The Hall–Kier alpha value is -1.62. The maximum absolute atomic E-state index is 11.1. The van der Waals surface area contributed by atoms with E-state index in [1.54, 1.807) is 11.9 Å². The van der Waals surface area contributed by atoms with Gasteiger partial charge in [0.05, 0.1) is 7.11 Å². The number of rotatable bonds is 4. The fourth-order valence-electron chi connectivity index (χ4n) is 1.25. The molecule has 2 N–H and O–H groups in total. The third-order valence-corrected chi connectivity index (χ3v) is 2.40. The van der Waals surface area contributed by atoms with Crippen LogP contribution in [0.4, 0.5) is 5.69 Å². The summed E-state index contributed by atoms with van der Waals surface area (Å²) >= 11 is 4.89. The topological polar surface area (TPSA) is 55.6 Å². The molecule has 0 aliphatic carbocycles. The van der Waals surface area contributed by atoms with Crippen LogP contribution in [0.2, 0.25) is 0 Å². The summed E-state index contributed by atoms with van der Waals surface area (Å²) in [4.78, 5) is 13.2. The molecule has 86 valence electrons. The normalized spacial score (nSPS) is 9.62. The van der Waals surface area contributed by atoms with E-state index in [4.69, 9.17) is 18.0 Å². The first-order valence-electron chi connectivity index (χ1n) is 4.72. The Labute approximate surface area is 100.0 Å². The second-order valence-electron chi connectivity index (χ2n) is 3.35. The van der Waals surface area contributed by atoms with Crippen molar-refractivity contribution in [3.63, 3.8) is 0 Å². The Bertz CT molecular complexity index is 407. The van der Waals surface area contributed by atoms with Gasteiger partial charge in [-0.3, -0.25) is 4.79 Å². The van der Waals surface area contributed by atoms with E-state index in [1.165, 1.54) is 7.11 Å². The van der Waals surface area contributed by atoms with Crippen molar-refractivity contribution in [2.75, 3.05) is 25.6 Å². The molecular weight excluding hydrogens is 224 g/mol. The molecule has 0 amide bonds. The fraction of sp³-hybridized carbons (Fsp3) is 0.273. The van der Waals surface area contributed by atoms with Crippen LogP contribution in [0.1, 0.15) is 5.56 Å². The molecule has 4 nitrogen and oxygen atoms in total. The molecule has 0 saturated carbocycles. The second kappa shape index (κ2) is 5.46. The van der Waals surface area contributed by atoms with Crippen molar-refractivity contribution in [3.05, 3.63) is 29.8 Å². The van der Waals surface area contributed by atoms with Gasteiger partial charge < -0.3 is 15.4 Å². The lowest BCUT2D eigenvalue weighted by Gasteiger charge is -2.18. The number of carbonyl (C=O) groups is 1. The highest BCUT2D eigenvalue weighted by Crippen LogP contribution is 2.14. The largest absolute Gasteiger partial charge is 0.468 e. The zero-order valence-corrected chi connectivity index (χ0v) is 10.1. The molecular formula is C11H14N2O2S. The van der Waals surface area contributed by atoms with Gasteiger partial charge in [0.1, 0.15) is 11.5 Å².